The zero-order valence-corrected chi connectivity index (χ0v) is 12.1. The van der Waals surface area contributed by atoms with Crippen molar-refractivity contribution in [2.24, 2.45) is 11.8 Å². The molecule has 3 atom stereocenters. The van der Waals surface area contributed by atoms with E-state index in [1.165, 1.54) is 4.90 Å². The van der Waals surface area contributed by atoms with E-state index in [1.54, 1.807) is 27.8 Å². The molecule has 0 aromatic rings. The van der Waals surface area contributed by atoms with Crippen LogP contribution in [0, 0.1) is 11.8 Å². The number of carboxylic acid groups (broad SMARTS) is 1. The van der Waals surface area contributed by atoms with Crippen LogP contribution < -0.4 is 0 Å². The van der Waals surface area contributed by atoms with E-state index in [-0.39, 0.29) is 5.92 Å². The first-order valence-corrected chi connectivity index (χ1v) is 6.87. The zero-order valence-electron chi connectivity index (χ0n) is 12.1. The van der Waals surface area contributed by atoms with Crippen LogP contribution in [0.4, 0.5) is 4.79 Å². The van der Waals surface area contributed by atoms with Gasteiger partial charge >= 0.3 is 12.1 Å². The van der Waals surface area contributed by atoms with Crippen LogP contribution in [0.15, 0.2) is 0 Å². The monoisotopic (exact) mass is 269 g/mol. The van der Waals surface area contributed by atoms with Crippen LogP contribution in [0.1, 0.15) is 46.5 Å². The number of aliphatic carboxylic acids is 1. The summed E-state index contributed by atoms with van der Waals surface area (Å²) in [6.07, 6.45) is 2.91. The molecule has 0 aliphatic heterocycles. The number of hydrogen-bond acceptors (Lipinski definition) is 3. The van der Waals surface area contributed by atoms with Gasteiger partial charge in [0.2, 0.25) is 0 Å². The van der Waals surface area contributed by atoms with Gasteiger partial charge in [0, 0.05) is 7.05 Å². The van der Waals surface area contributed by atoms with Crippen molar-refractivity contribution in [3.8, 4) is 0 Å². The smallest absolute Gasteiger partial charge is 0.410 e. The number of hydrogen-bond donors (Lipinski definition) is 1. The molecule has 5 heteroatoms. The first-order valence-electron chi connectivity index (χ1n) is 6.87. The Bertz CT molecular complexity index is 401. The molecule has 108 valence electrons. The highest BCUT2D eigenvalue weighted by molar-refractivity contribution is 5.85. The predicted molar refractivity (Wildman–Crippen MR) is 69.8 cm³/mol. The third-order valence-electron chi connectivity index (χ3n) is 4.45. The lowest BCUT2D eigenvalue weighted by atomic mass is 9.80. The zero-order chi connectivity index (χ0) is 14.4. The topological polar surface area (TPSA) is 66.8 Å². The van der Waals surface area contributed by atoms with E-state index in [4.69, 9.17) is 4.74 Å². The van der Waals surface area contributed by atoms with Gasteiger partial charge in [-0.3, -0.25) is 4.90 Å². The number of nitrogens with zero attached hydrogens (tertiary/aromatic N) is 1. The fourth-order valence-electron chi connectivity index (χ4n) is 3.61. The van der Waals surface area contributed by atoms with Crippen LogP contribution in [0.3, 0.4) is 0 Å². The van der Waals surface area contributed by atoms with Gasteiger partial charge < -0.3 is 9.84 Å². The maximum absolute atomic E-state index is 12.2. The first kappa shape index (κ1) is 14.2. The number of carbonyl (C=O) groups is 2. The lowest BCUT2D eigenvalue weighted by molar-refractivity contribution is -0.154. The summed E-state index contributed by atoms with van der Waals surface area (Å²) in [5, 5.41) is 9.65. The molecule has 2 rings (SSSR count). The summed E-state index contributed by atoms with van der Waals surface area (Å²) in [4.78, 5) is 25.3. The van der Waals surface area contributed by atoms with Crippen molar-refractivity contribution in [3.05, 3.63) is 0 Å². The maximum atomic E-state index is 12.2. The maximum Gasteiger partial charge on any atom is 0.410 e. The summed E-state index contributed by atoms with van der Waals surface area (Å²) < 4.78 is 5.32. The largest absolute Gasteiger partial charge is 0.479 e. The molecule has 5 nitrogen and oxygen atoms in total. The summed E-state index contributed by atoms with van der Waals surface area (Å²) in [5.74, 6) is -0.397. The van der Waals surface area contributed by atoms with Crippen LogP contribution in [0.2, 0.25) is 0 Å². The van der Waals surface area contributed by atoms with Crippen molar-refractivity contribution in [1.82, 2.24) is 4.90 Å². The van der Waals surface area contributed by atoms with Gasteiger partial charge in [-0.1, -0.05) is 0 Å². The molecule has 2 saturated carbocycles. The molecule has 3 unspecified atom stereocenters. The Balaban J connectivity index is 2.21. The number of fused-ring (bicyclic) bond motifs is 2. The van der Waals surface area contributed by atoms with Gasteiger partial charge in [-0.25, -0.2) is 9.59 Å². The van der Waals surface area contributed by atoms with Gasteiger partial charge in [0.1, 0.15) is 11.1 Å². The molecule has 19 heavy (non-hydrogen) atoms. The number of carbonyl (C=O) groups excluding carboxylic acids is 1. The van der Waals surface area contributed by atoms with Crippen LogP contribution in [0.5, 0.6) is 0 Å². The average Bonchev–Trinajstić information content (AvgIpc) is 2.85. The number of likely N-dealkylation sites (N-methyl/N-ethyl adjacent to an activating group) is 1. The molecular weight excluding hydrogens is 246 g/mol. The van der Waals surface area contributed by atoms with E-state index in [0.29, 0.717) is 12.3 Å². The Labute approximate surface area is 113 Å². The second kappa shape index (κ2) is 4.39. The van der Waals surface area contributed by atoms with Gasteiger partial charge in [0.25, 0.3) is 0 Å². The Morgan fingerprint density at radius 3 is 2.32 bits per heavy atom. The summed E-state index contributed by atoms with van der Waals surface area (Å²) in [6.45, 7) is 5.35. The Morgan fingerprint density at radius 1 is 1.32 bits per heavy atom. The minimum atomic E-state index is -1.06. The van der Waals surface area contributed by atoms with E-state index in [1.807, 2.05) is 0 Å². The number of amides is 1. The van der Waals surface area contributed by atoms with Crippen molar-refractivity contribution >= 4 is 12.1 Å². The molecule has 2 fully saturated rings. The van der Waals surface area contributed by atoms with E-state index in [9.17, 15) is 14.7 Å². The highest BCUT2D eigenvalue weighted by Gasteiger charge is 2.60. The molecule has 2 aliphatic rings. The first-order chi connectivity index (χ1) is 8.67. The molecule has 2 bridgehead atoms. The van der Waals surface area contributed by atoms with Crippen LogP contribution >= 0.6 is 0 Å². The standard InChI is InChI=1S/C14H23NO4/c1-13(2,3)19-12(18)15(4)14(11(16)17)8-9-5-6-10(14)7-9/h9-10H,5-8H2,1-4H3,(H,16,17). The van der Waals surface area contributed by atoms with Gasteiger partial charge in [-0.05, 0) is 58.3 Å². The van der Waals surface area contributed by atoms with E-state index < -0.39 is 23.2 Å². The number of ether oxygens (including phenoxy) is 1. The number of rotatable bonds is 2. The molecule has 0 spiro atoms. The Morgan fingerprint density at radius 2 is 1.95 bits per heavy atom. The average molecular weight is 269 g/mol. The Kier molecular flexibility index (Phi) is 3.27. The molecule has 0 aromatic carbocycles. The number of carboxylic acids is 1. The normalized spacial score (nSPS) is 33.3. The van der Waals surface area contributed by atoms with Crippen molar-refractivity contribution in [2.75, 3.05) is 7.05 Å². The molecule has 0 aromatic heterocycles. The quantitative estimate of drug-likeness (QED) is 0.836. The summed E-state index contributed by atoms with van der Waals surface area (Å²) in [6, 6.07) is 0. The molecule has 0 saturated heterocycles. The highest BCUT2D eigenvalue weighted by Crippen LogP contribution is 2.53. The minimum Gasteiger partial charge on any atom is -0.479 e. The molecule has 0 heterocycles. The minimum absolute atomic E-state index is 0.0625. The van der Waals surface area contributed by atoms with Crippen molar-refractivity contribution < 1.29 is 19.4 Å². The summed E-state index contributed by atoms with van der Waals surface area (Å²) in [5.41, 5.74) is -1.67. The van der Waals surface area contributed by atoms with Crippen molar-refractivity contribution in [1.29, 1.82) is 0 Å². The summed E-state index contributed by atoms with van der Waals surface area (Å²) >= 11 is 0. The third-order valence-corrected chi connectivity index (χ3v) is 4.45. The fourth-order valence-corrected chi connectivity index (χ4v) is 3.61. The van der Waals surface area contributed by atoms with E-state index >= 15 is 0 Å². The van der Waals surface area contributed by atoms with Crippen molar-refractivity contribution in [2.45, 2.75) is 57.6 Å². The van der Waals surface area contributed by atoms with Crippen LogP contribution in [0.25, 0.3) is 0 Å². The van der Waals surface area contributed by atoms with E-state index in [2.05, 4.69) is 0 Å². The molecule has 1 amide bonds. The predicted octanol–water partition coefficient (Wildman–Crippen LogP) is 2.50. The fraction of sp³-hybridized carbons (Fsp3) is 0.857. The second-order valence-corrected chi connectivity index (χ2v) is 6.85. The summed E-state index contributed by atoms with van der Waals surface area (Å²) in [7, 11) is 1.56. The van der Waals surface area contributed by atoms with Crippen molar-refractivity contribution in [3.63, 3.8) is 0 Å². The van der Waals surface area contributed by atoms with Gasteiger partial charge in [0.05, 0.1) is 0 Å². The molecule has 2 aliphatic carbocycles. The van der Waals surface area contributed by atoms with Gasteiger partial charge in [-0.15, -0.1) is 0 Å². The van der Waals surface area contributed by atoms with Gasteiger partial charge in [-0.2, -0.15) is 0 Å². The second-order valence-electron chi connectivity index (χ2n) is 6.85. The third kappa shape index (κ3) is 2.30. The molecule has 1 N–H and O–H groups in total. The van der Waals surface area contributed by atoms with Crippen LogP contribution in [-0.4, -0.2) is 40.3 Å². The lowest BCUT2D eigenvalue weighted by Gasteiger charge is -2.41. The lowest BCUT2D eigenvalue weighted by Crippen LogP contribution is -2.59. The highest BCUT2D eigenvalue weighted by atomic mass is 16.6. The van der Waals surface area contributed by atoms with Crippen LogP contribution in [-0.2, 0) is 9.53 Å². The Hall–Kier alpha value is -1.26. The molecule has 0 radical (unpaired) electrons. The van der Waals surface area contributed by atoms with Gasteiger partial charge in [0.15, 0.2) is 0 Å². The SMILES string of the molecule is CN(C(=O)OC(C)(C)C)C1(C(=O)O)CC2CCC1C2. The molecular formula is C14H23NO4. The van der Waals surface area contributed by atoms with E-state index in [0.717, 1.165) is 19.3 Å².